The standard InChI is InChI=1S/C20H22O9/c21-14-8-12(16(22)23)9-15-20(14,26)18(25)19(29-15)10-13(6-7-27-19)28-17(24)11-4-2-1-3-5-11/h1-5,12-15,21,26H,6-10H2,(H,22,23)/t12-,13+,14-,15+,19-,20+/m0/s1. The molecule has 1 aromatic carbocycles. The van der Waals surface area contributed by atoms with E-state index in [0.29, 0.717) is 12.0 Å². The molecule has 2 heterocycles. The second kappa shape index (κ2) is 7.17. The zero-order valence-corrected chi connectivity index (χ0v) is 15.5. The van der Waals surface area contributed by atoms with Crippen LogP contribution >= 0.6 is 0 Å². The number of carbonyl (C=O) groups excluding carboxylic acids is 2. The maximum absolute atomic E-state index is 13.1. The van der Waals surface area contributed by atoms with Gasteiger partial charge >= 0.3 is 11.9 Å². The fourth-order valence-electron chi connectivity index (χ4n) is 4.37. The van der Waals surface area contributed by atoms with E-state index in [4.69, 9.17) is 14.2 Å². The fraction of sp³-hybridized carbons (Fsp3) is 0.550. The summed E-state index contributed by atoms with van der Waals surface area (Å²) < 4.78 is 16.8. The lowest BCUT2D eigenvalue weighted by Gasteiger charge is -2.38. The summed E-state index contributed by atoms with van der Waals surface area (Å²) in [6.45, 7) is 0.0414. The number of hydrogen-bond acceptors (Lipinski definition) is 8. The maximum atomic E-state index is 13.1. The van der Waals surface area contributed by atoms with E-state index in [1.807, 2.05) is 0 Å². The number of carboxylic acids is 1. The van der Waals surface area contributed by atoms with Crippen LogP contribution in [0.1, 0.15) is 36.0 Å². The first-order valence-electron chi connectivity index (χ1n) is 9.52. The van der Waals surface area contributed by atoms with E-state index >= 15 is 0 Å². The molecular formula is C20H22O9. The Balaban J connectivity index is 1.53. The van der Waals surface area contributed by atoms with Gasteiger partial charge in [0.1, 0.15) is 12.2 Å². The van der Waals surface area contributed by atoms with E-state index in [1.165, 1.54) is 0 Å². The summed E-state index contributed by atoms with van der Waals surface area (Å²) in [7, 11) is 0. The zero-order chi connectivity index (χ0) is 20.8. The molecule has 0 amide bonds. The summed E-state index contributed by atoms with van der Waals surface area (Å²) in [5.74, 6) is -5.38. The van der Waals surface area contributed by atoms with Gasteiger partial charge in [-0.25, -0.2) is 4.79 Å². The summed E-state index contributed by atoms with van der Waals surface area (Å²) in [5, 5.41) is 30.5. The SMILES string of the molecule is O=C(O[C@@H]1CCO[C@@]2(C1)O[C@@H]1C[C@@H](C(=O)O)C[C@H](O)[C@]1(O)C2=O)c1ccccc1. The van der Waals surface area contributed by atoms with Crippen molar-refractivity contribution in [2.75, 3.05) is 6.61 Å². The number of benzene rings is 1. The molecule has 3 N–H and O–H groups in total. The second-order valence-electron chi connectivity index (χ2n) is 7.77. The van der Waals surface area contributed by atoms with E-state index in [-0.39, 0.29) is 25.9 Å². The second-order valence-corrected chi connectivity index (χ2v) is 7.77. The molecule has 9 heteroatoms. The predicted molar refractivity (Wildman–Crippen MR) is 94.8 cm³/mol. The van der Waals surface area contributed by atoms with Crippen molar-refractivity contribution in [2.45, 2.75) is 55.4 Å². The van der Waals surface area contributed by atoms with Crippen LogP contribution in [-0.2, 0) is 23.8 Å². The number of aliphatic carboxylic acids is 1. The molecule has 29 heavy (non-hydrogen) atoms. The summed E-state index contributed by atoms with van der Waals surface area (Å²) in [6.07, 6.45) is -3.72. The van der Waals surface area contributed by atoms with Gasteiger partial charge in [0, 0.05) is 12.8 Å². The van der Waals surface area contributed by atoms with Crippen LogP contribution in [0.25, 0.3) is 0 Å². The molecule has 0 radical (unpaired) electrons. The number of ether oxygens (including phenoxy) is 3. The van der Waals surface area contributed by atoms with Gasteiger partial charge in [-0.3, -0.25) is 9.59 Å². The van der Waals surface area contributed by atoms with Gasteiger partial charge in [0.15, 0.2) is 5.60 Å². The number of carbonyl (C=O) groups is 3. The number of aliphatic hydroxyl groups excluding tert-OH is 1. The van der Waals surface area contributed by atoms with E-state index in [2.05, 4.69) is 0 Å². The van der Waals surface area contributed by atoms with Crippen LogP contribution in [-0.4, -0.2) is 69.3 Å². The molecule has 4 rings (SSSR count). The van der Waals surface area contributed by atoms with Gasteiger partial charge in [-0.2, -0.15) is 0 Å². The molecule has 2 aliphatic heterocycles. The van der Waals surface area contributed by atoms with Gasteiger partial charge in [-0.05, 0) is 25.0 Å². The van der Waals surface area contributed by atoms with Crippen molar-refractivity contribution in [1.29, 1.82) is 0 Å². The molecule has 0 aromatic heterocycles. The van der Waals surface area contributed by atoms with E-state index in [0.717, 1.165) is 0 Å². The lowest BCUT2D eigenvalue weighted by Crippen LogP contribution is -2.61. The minimum atomic E-state index is -2.25. The topological polar surface area (TPSA) is 140 Å². The van der Waals surface area contributed by atoms with Crippen LogP contribution in [0, 0.1) is 5.92 Å². The van der Waals surface area contributed by atoms with Gasteiger partial charge in [-0.1, -0.05) is 18.2 Å². The van der Waals surface area contributed by atoms with Crippen molar-refractivity contribution in [3.63, 3.8) is 0 Å². The van der Waals surface area contributed by atoms with Crippen LogP contribution in [0.5, 0.6) is 0 Å². The average Bonchev–Trinajstić information content (AvgIpc) is 2.91. The maximum Gasteiger partial charge on any atom is 0.338 e. The van der Waals surface area contributed by atoms with Crippen LogP contribution in [0.4, 0.5) is 0 Å². The normalized spacial score (nSPS) is 39.2. The van der Waals surface area contributed by atoms with Gasteiger partial charge in [0.2, 0.25) is 11.6 Å². The molecule has 1 aromatic rings. The number of aliphatic hydroxyl groups is 2. The monoisotopic (exact) mass is 406 g/mol. The van der Waals surface area contributed by atoms with E-state index < -0.39 is 53.3 Å². The summed E-state index contributed by atoms with van der Waals surface area (Å²) >= 11 is 0. The molecule has 0 bridgehead atoms. The molecular weight excluding hydrogens is 384 g/mol. The highest BCUT2D eigenvalue weighted by Crippen LogP contribution is 2.48. The number of carboxylic acid groups (broad SMARTS) is 1. The molecule has 1 spiro atoms. The molecule has 6 atom stereocenters. The number of Topliss-reactive ketones (excluding diaryl/α,β-unsaturated/α-hetero) is 1. The van der Waals surface area contributed by atoms with Crippen molar-refractivity contribution in [1.82, 2.24) is 0 Å². The Morgan fingerprint density at radius 2 is 1.90 bits per heavy atom. The van der Waals surface area contributed by atoms with Gasteiger partial charge in [-0.15, -0.1) is 0 Å². The van der Waals surface area contributed by atoms with Crippen molar-refractivity contribution in [3.8, 4) is 0 Å². The first kappa shape index (κ1) is 20.0. The van der Waals surface area contributed by atoms with Gasteiger partial charge in [0.05, 0.1) is 24.2 Å². The van der Waals surface area contributed by atoms with Crippen molar-refractivity contribution < 1.29 is 43.9 Å². The third kappa shape index (κ3) is 3.24. The quantitative estimate of drug-likeness (QED) is 0.604. The highest BCUT2D eigenvalue weighted by molar-refractivity contribution is 5.97. The Labute approximate surface area is 166 Å². The number of fused-ring (bicyclic) bond motifs is 1. The summed E-state index contributed by atoms with van der Waals surface area (Å²) in [6, 6.07) is 8.38. The first-order valence-corrected chi connectivity index (χ1v) is 9.52. The Kier molecular flexibility index (Phi) is 4.94. The van der Waals surface area contributed by atoms with Crippen LogP contribution in [0.3, 0.4) is 0 Å². The summed E-state index contributed by atoms with van der Waals surface area (Å²) in [4.78, 5) is 36.7. The summed E-state index contributed by atoms with van der Waals surface area (Å²) in [5.41, 5.74) is -1.89. The molecule has 1 aliphatic carbocycles. The van der Waals surface area contributed by atoms with Crippen molar-refractivity contribution in [2.24, 2.45) is 5.92 Å². The van der Waals surface area contributed by atoms with Crippen LogP contribution in [0.15, 0.2) is 30.3 Å². The number of esters is 1. The lowest BCUT2D eigenvalue weighted by atomic mass is 9.72. The minimum absolute atomic E-state index is 0.0414. The Morgan fingerprint density at radius 1 is 1.17 bits per heavy atom. The smallest absolute Gasteiger partial charge is 0.338 e. The number of hydrogen-bond donors (Lipinski definition) is 3. The molecule has 0 unspecified atom stereocenters. The molecule has 1 saturated carbocycles. The van der Waals surface area contributed by atoms with Crippen molar-refractivity contribution in [3.05, 3.63) is 35.9 Å². The lowest BCUT2D eigenvalue weighted by molar-refractivity contribution is -0.256. The number of ketones is 1. The number of rotatable bonds is 3. The highest BCUT2D eigenvalue weighted by atomic mass is 16.7. The third-order valence-electron chi connectivity index (χ3n) is 5.95. The van der Waals surface area contributed by atoms with Gasteiger partial charge < -0.3 is 29.5 Å². The molecule has 9 nitrogen and oxygen atoms in total. The minimum Gasteiger partial charge on any atom is -0.481 e. The van der Waals surface area contributed by atoms with E-state index in [9.17, 15) is 29.7 Å². The third-order valence-corrected chi connectivity index (χ3v) is 5.95. The first-order chi connectivity index (χ1) is 13.8. The predicted octanol–water partition coefficient (Wildman–Crippen LogP) is 0.273. The Morgan fingerprint density at radius 3 is 2.59 bits per heavy atom. The van der Waals surface area contributed by atoms with Crippen molar-refractivity contribution >= 4 is 17.7 Å². The molecule has 2 saturated heterocycles. The Bertz CT molecular complexity index is 825. The fourth-order valence-corrected chi connectivity index (χ4v) is 4.37. The Hall–Kier alpha value is -2.33. The molecule has 3 aliphatic rings. The molecule has 3 fully saturated rings. The average molecular weight is 406 g/mol. The van der Waals surface area contributed by atoms with Crippen LogP contribution in [0.2, 0.25) is 0 Å². The highest BCUT2D eigenvalue weighted by Gasteiger charge is 2.70. The largest absolute Gasteiger partial charge is 0.481 e. The zero-order valence-electron chi connectivity index (χ0n) is 15.5. The van der Waals surface area contributed by atoms with E-state index in [1.54, 1.807) is 30.3 Å². The van der Waals surface area contributed by atoms with Gasteiger partial charge in [0.25, 0.3) is 0 Å². The molecule has 156 valence electrons. The van der Waals surface area contributed by atoms with Crippen LogP contribution < -0.4 is 0 Å².